The standard InChI is InChI=1S/C20H16F3N5/c21-20(22,23)16-7-4-8-17(11-16)28-25-18(12-24)19(26-28)27-10-9-15(13-27)14-5-2-1-3-6-14/h1-8,11,15H,9-10,13H2/t15-/m1/s1. The van der Waals surface area contributed by atoms with Gasteiger partial charge in [0.1, 0.15) is 6.07 Å². The van der Waals surface area contributed by atoms with Crippen LogP contribution in [0.3, 0.4) is 0 Å². The number of hydrogen-bond acceptors (Lipinski definition) is 4. The van der Waals surface area contributed by atoms with Crippen LogP contribution in [0.15, 0.2) is 54.6 Å². The number of nitrogens with zero attached hydrogens (tertiary/aromatic N) is 5. The Morgan fingerprint density at radius 3 is 2.54 bits per heavy atom. The minimum absolute atomic E-state index is 0.103. The van der Waals surface area contributed by atoms with Crippen molar-refractivity contribution in [2.45, 2.75) is 18.5 Å². The highest BCUT2D eigenvalue weighted by Crippen LogP contribution is 2.32. The van der Waals surface area contributed by atoms with E-state index in [-0.39, 0.29) is 11.4 Å². The number of rotatable bonds is 3. The fraction of sp³-hybridized carbons (Fsp3) is 0.250. The number of alkyl halides is 3. The summed E-state index contributed by atoms with van der Waals surface area (Å²) in [6, 6.07) is 16.8. The van der Waals surface area contributed by atoms with Crippen LogP contribution in [0.2, 0.25) is 0 Å². The van der Waals surface area contributed by atoms with Crippen LogP contribution in [0.4, 0.5) is 19.0 Å². The van der Waals surface area contributed by atoms with E-state index in [1.807, 2.05) is 29.2 Å². The highest BCUT2D eigenvalue weighted by Gasteiger charge is 2.31. The molecule has 8 heteroatoms. The van der Waals surface area contributed by atoms with Crippen LogP contribution >= 0.6 is 0 Å². The Hall–Kier alpha value is -3.34. The molecule has 0 aliphatic carbocycles. The molecule has 142 valence electrons. The van der Waals surface area contributed by atoms with E-state index < -0.39 is 11.7 Å². The minimum atomic E-state index is -4.46. The molecule has 5 nitrogen and oxygen atoms in total. The summed E-state index contributed by atoms with van der Waals surface area (Å²) >= 11 is 0. The summed E-state index contributed by atoms with van der Waals surface area (Å²) in [4.78, 5) is 3.06. The zero-order chi connectivity index (χ0) is 19.7. The summed E-state index contributed by atoms with van der Waals surface area (Å²) in [5.41, 5.74) is 0.698. The van der Waals surface area contributed by atoms with E-state index >= 15 is 0 Å². The second-order valence-electron chi connectivity index (χ2n) is 6.66. The molecular weight excluding hydrogens is 367 g/mol. The van der Waals surface area contributed by atoms with Crippen molar-refractivity contribution in [2.24, 2.45) is 0 Å². The zero-order valence-electron chi connectivity index (χ0n) is 14.8. The summed E-state index contributed by atoms with van der Waals surface area (Å²) in [6.45, 7) is 1.38. The molecule has 0 radical (unpaired) electrons. The summed E-state index contributed by atoms with van der Waals surface area (Å²) in [5.74, 6) is 0.713. The fourth-order valence-corrected chi connectivity index (χ4v) is 3.46. The van der Waals surface area contributed by atoms with Gasteiger partial charge in [0.15, 0.2) is 5.82 Å². The van der Waals surface area contributed by atoms with Gasteiger partial charge in [-0.25, -0.2) is 0 Å². The van der Waals surface area contributed by atoms with Crippen LogP contribution in [0, 0.1) is 11.3 Å². The van der Waals surface area contributed by atoms with Gasteiger partial charge in [0.2, 0.25) is 5.69 Å². The minimum Gasteiger partial charge on any atom is -0.352 e. The van der Waals surface area contributed by atoms with Crippen molar-refractivity contribution in [3.63, 3.8) is 0 Å². The molecule has 3 aromatic rings. The molecule has 1 aromatic heterocycles. The van der Waals surface area contributed by atoms with Crippen LogP contribution in [-0.2, 0) is 6.18 Å². The Kier molecular flexibility index (Phi) is 4.51. The largest absolute Gasteiger partial charge is 0.416 e. The first-order chi connectivity index (χ1) is 13.5. The maximum absolute atomic E-state index is 13.0. The molecule has 0 amide bonds. The first-order valence-electron chi connectivity index (χ1n) is 8.80. The normalized spacial score (nSPS) is 16.9. The summed E-state index contributed by atoms with van der Waals surface area (Å²) in [6.07, 6.45) is -3.55. The number of hydrogen-bond donors (Lipinski definition) is 0. The SMILES string of the molecule is N#Cc1nn(-c2cccc(C(F)(F)F)c2)nc1N1CC[C@@H](c2ccccc2)C1. The number of benzene rings is 2. The third-order valence-electron chi connectivity index (χ3n) is 4.87. The van der Waals surface area contributed by atoms with Crippen LogP contribution < -0.4 is 4.90 Å². The van der Waals surface area contributed by atoms with Crippen molar-refractivity contribution >= 4 is 5.82 Å². The van der Waals surface area contributed by atoms with Crippen LogP contribution in [-0.4, -0.2) is 28.1 Å². The highest BCUT2D eigenvalue weighted by atomic mass is 19.4. The average Bonchev–Trinajstić information content (AvgIpc) is 3.35. The second-order valence-corrected chi connectivity index (χ2v) is 6.66. The van der Waals surface area contributed by atoms with Gasteiger partial charge in [-0.1, -0.05) is 36.4 Å². The first kappa shape index (κ1) is 18.0. The maximum atomic E-state index is 13.0. The molecule has 1 aliphatic heterocycles. The Morgan fingerprint density at radius 1 is 1.04 bits per heavy atom. The Morgan fingerprint density at radius 2 is 1.82 bits per heavy atom. The molecule has 0 saturated carbocycles. The number of nitriles is 1. The molecule has 0 bridgehead atoms. The molecule has 0 spiro atoms. The van der Waals surface area contributed by atoms with Gasteiger partial charge in [0.05, 0.1) is 11.3 Å². The Balaban J connectivity index is 1.62. The summed E-state index contributed by atoms with van der Waals surface area (Å²) in [5, 5.41) is 17.9. The van der Waals surface area contributed by atoms with Gasteiger partial charge in [-0.2, -0.15) is 18.4 Å². The van der Waals surface area contributed by atoms with Gasteiger partial charge in [0.25, 0.3) is 0 Å². The van der Waals surface area contributed by atoms with Gasteiger partial charge in [0, 0.05) is 19.0 Å². The summed E-state index contributed by atoms with van der Waals surface area (Å²) in [7, 11) is 0. The van der Waals surface area contributed by atoms with Crippen molar-refractivity contribution in [1.29, 1.82) is 5.26 Å². The third kappa shape index (κ3) is 3.43. The van der Waals surface area contributed by atoms with Gasteiger partial charge in [-0.15, -0.1) is 15.0 Å². The monoisotopic (exact) mass is 383 g/mol. The Bertz CT molecular complexity index is 1020. The molecule has 0 N–H and O–H groups in total. The lowest BCUT2D eigenvalue weighted by atomic mass is 9.99. The van der Waals surface area contributed by atoms with E-state index in [1.54, 1.807) is 0 Å². The van der Waals surface area contributed by atoms with Crippen molar-refractivity contribution in [1.82, 2.24) is 15.0 Å². The molecule has 2 aromatic carbocycles. The Labute approximate surface area is 159 Å². The van der Waals surface area contributed by atoms with E-state index in [0.29, 0.717) is 24.8 Å². The van der Waals surface area contributed by atoms with E-state index in [2.05, 4.69) is 22.3 Å². The number of halogens is 3. The maximum Gasteiger partial charge on any atom is 0.416 e. The molecule has 2 heterocycles. The average molecular weight is 383 g/mol. The summed E-state index contributed by atoms with van der Waals surface area (Å²) < 4.78 is 38.9. The predicted octanol–water partition coefficient (Wildman–Crippen LogP) is 4.15. The van der Waals surface area contributed by atoms with Gasteiger partial charge in [-0.05, 0) is 30.2 Å². The highest BCUT2D eigenvalue weighted by molar-refractivity contribution is 5.52. The van der Waals surface area contributed by atoms with Crippen LogP contribution in [0.25, 0.3) is 5.69 Å². The quantitative estimate of drug-likeness (QED) is 0.682. The van der Waals surface area contributed by atoms with Crippen LogP contribution in [0.1, 0.15) is 29.2 Å². The number of aromatic nitrogens is 3. The van der Waals surface area contributed by atoms with E-state index in [0.717, 1.165) is 23.4 Å². The second kappa shape index (κ2) is 7.00. The van der Waals surface area contributed by atoms with Gasteiger partial charge < -0.3 is 4.90 Å². The molecule has 0 unspecified atom stereocenters. The molecular formula is C20H16F3N5. The molecule has 1 atom stereocenters. The van der Waals surface area contributed by atoms with Crippen LogP contribution in [0.5, 0.6) is 0 Å². The first-order valence-corrected chi connectivity index (χ1v) is 8.80. The van der Waals surface area contributed by atoms with Crippen molar-refractivity contribution in [2.75, 3.05) is 18.0 Å². The smallest absolute Gasteiger partial charge is 0.352 e. The van der Waals surface area contributed by atoms with Crippen molar-refractivity contribution in [3.05, 3.63) is 71.4 Å². The topological polar surface area (TPSA) is 57.7 Å². The lowest BCUT2D eigenvalue weighted by Gasteiger charge is -2.15. The van der Waals surface area contributed by atoms with E-state index in [9.17, 15) is 18.4 Å². The lowest BCUT2D eigenvalue weighted by Crippen LogP contribution is -2.20. The molecule has 1 aliphatic rings. The van der Waals surface area contributed by atoms with Crippen molar-refractivity contribution < 1.29 is 13.2 Å². The van der Waals surface area contributed by atoms with E-state index in [1.165, 1.54) is 17.7 Å². The van der Waals surface area contributed by atoms with Crippen molar-refractivity contribution in [3.8, 4) is 11.8 Å². The molecule has 1 fully saturated rings. The third-order valence-corrected chi connectivity index (χ3v) is 4.87. The van der Waals surface area contributed by atoms with Gasteiger partial charge in [-0.3, -0.25) is 0 Å². The van der Waals surface area contributed by atoms with Gasteiger partial charge >= 0.3 is 6.18 Å². The molecule has 1 saturated heterocycles. The molecule has 4 rings (SSSR count). The lowest BCUT2D eigenvalue weighted by molar-refractivity contribution is -0.137. The fourth-order valence-electron chi connectivity index (χ4n) is 3.46. The molecule has 28 heavy (non-hydrogen) atoms. The predicted molar refractivity (Wildman–Crippen MR) is 97.1 cm³/mol. The van der Waals surface area contributed by atoms with E-state index in [4.69, 9.17) is 0 Å². The zero-order valence-corrected chi connectivity index (χ0v) is 14.8. The number of anilines is 1.